The first-order valence-corrected chi connectivity index (χ1v) is 12.5. The third-order valence-corrected chi connectivity index (χ3v) is 7.44. The van der Waals surface area contributed by atoms with Crippen LogP contribution in [0.1, 0.15) is 40.0 Å². The van der Waals surface area contributed by atoms with Gasteiger partial charge in [-0.05, 0) is 38.6 Å². The maximum Gasteiger partial charge on any atom is 0.318 e. The van der Waals surface area contributed by atoms with Crippen molar-refractivity contribution in [2.45, 2.75) is 37.1 Å². The molecule has 2 aromatic rings. The summed E-state index contributed by atoms with van der Waals surface area (Å²) < 4.78 is 5.52. The van der Waals surface area contributed by atoms with Gasteiger partial charge in [-0.3, -0.25) is 9.59 Å². The molecule has 2 aliphatic rings. The van der Waals surface area contributed by atoms with Gasteiger partial charge in [0, 0.05) is 49.1 Å². The number of fused-ring (bicyclic) bond motifs is 1. The van der Waals surface area contributed by atoms with Crippen molar-refractivity contribution in [1.29, 1.82) is 5.26 Å². The van der Waals surface area contributed by atoms with Crippen molar-refractivity contribution < 1.29 is 14.3 Å². The number of methoxy groups -OCH3 is 1. The summed E-state index contributed by atoms with van der Waals surface area (Å²) in [7, 11) is 5.65. The van der Waals surface area contributed by atoms with Gasteiger partial charge in [-0.1, -0.05) is 30.8 Å². The number of hydrogen-bond acceptors (Lipinski definition) is 8. The molecule has 0 bridgehead atoms. The number of anilines is 1. The Balaban J connectivity index is 1.75. The second-order valence-corrected chi connectivity index (χ2v) is 10.1. The van der Waals surface area contributed by atoms with Crippen LogP contribution in [0.3, 0.4) is 0 Å². The monoisotopic (exact) mass is 502 g/mol. The van der Waals surface area contributed by atoms with E-state index in [0.29, 0.717) is 37.6 Å². The summed E-state index contributed by atoms with van der Waals surface area (Å²) in [5.41, 5.74) is 3.43. The van der Waals surface area contributed by atoms with Gasteiger partial charge in [0.15, 0.2) is 0 Å². The Morgan fingerprint density at radius 3 is 2.78 bits per heavy atom. The quantitative estimate of drug-likeness (QED) is 0.401. The third-order valence-electron chi connectivity index (χ3n) is 7.44. The molecule has 4 rings (SSSR count). The van der Waals surface area contributed by atoms with E-state index in [9.17, 15) is 14.9 Å². The average molecular weight is 503 g/mol. The molecule has 9 heteroatoms. The Kier molecular flexibility index (Phi) is 7.89. The van der Waals surface area contributed by atoms with E-state index in [-0.39, 0.29) is 23.8 Å². The molecule has 1 saturated heterocycles. The van der Waals surface area contributed by atoms with Crippen LogP contribution in [0.25, 0.3) is 0 Å². The summed E-state index contributed by atoms with van der Waals surface area (Å²) in [5, 5.41) is 9.40. The van der Waals surface area contributed by atoms with E-state index >= 15 is 0 Å². The highest BCUT2D eigenvalue weighted by Crippen LogP contribution is 2.42. The number of nitrogens with zero attached hydrogens (tertiary/aromatic N) is 6. The molecule has 1 aliphatic carbocycles. The van der Waals surface area contributed by atoms with E-state index in [0.717, 1.165) is 48.3 Å². The molecule has 0 N–H and O–H groups in total. The van der Waals surface area contributed by atoms with Crippen molar-refractivity contribution in [2.75, 3.05) is 52.3 Å². The lowest BCUT2D eigenvalue weighted by molar-refractivity contribution is -0.128. The topological polar surface area (TPSA) is 103 Å². The molecule has 0 radical (unpaired) electrons. The van der Waals surface area contributed by atoms with E-state index in [2.05, 4.69) is 28.5 Å². The number of benzene rings is 1. The van der Waals surface area contributed by atoms with Crippen LogP contribution in [0.2, 0.25) is 0 Å². The second kappa shape index (κ2) is 11.1. The van der Waals surface area contributed by atoms with E-state index < -0.39 is 0 Å². The minimum absolute atomic E-state index is 0.162. The Morgan fingerprint density at radius 1 is 1.32 bits per heavy atom. The minimum Gasteiger partial charge on any atom is -0.467 e. The summed E-state index contributed by atoms with van der Waals surface area (Å²) in [4.78, 5) is 39.9. The molecule has 2 heterocycles. The number of carbonyl (C=O) groups is 2. The predicted octanol–water partition coefficient (Wildman–Crippen LogP) is 2.40. The van der Waals surface area contributed by atoms with E-state index in [1.54, 1.807) is 12.0 Å². The van der Waals surface area contributed by atoms with E-state index in [1.165, 1.54) is 6.08 Å². The van der Waals surface area contributed by atoms with Crippen LogP contribution in [0.15, 0.2) is 36.9 Å². The van der Waals surface area contributed by atoms with Gasteiger partial charge in [0.1, 0.15) is 12.1 Å². The second-order valence-electron chi connectivity index (χ2n) is 10.1. The number of aromatic nitrogens is 2. The third kappa shape index (κ3) is 5.20. The number of likely N-dealkylation sites (N-methyl/N-ethyl adjacent to an activating group) is 1. The summed E-state index contributed by atoms with van der Waals surface area (Å²) in [6, 6.07) is 10.1. The first kappa shape index (κ1) is 26.3. The molecule has 1 amide bonds. The number of amides is 1. The molecule has 0 saturated carbocycles. The first-order chi connectivity index (χ1) is 17.9. The number of carbonyl (C=O) groups excluding carboxylic acids is 2. The van der Waals surface area contributed by atoms with Gasteiger partial charge in [-0.25, -0.2) is 0 Å². The molecule has 2 atom stereocenters. The standard InChI is InChI=1S/C28H34N6O3/c1-5-25(36)34-15-14-33(17-21(34)11-13-29)26-22-10-12-28(19-32(2)3,16-24(22)30-27(31-26)37-4)23-9-7-6-8-20(23)18-35/h5-9,18,21H,1,10-12,14-17,19H2,2-4H3. The average Bonchev–Trinajstić information content (AvgIpc) is 2.91. The number of piperazine rings is 1. The predicted molar refractivity (Wildman–Crippen MR) is 141 cm³/mol. The minimum atomic E-state index is -0.289. The van der Waals surface area contributed by atoms with Crippen molar-refractivity contribution in [1.82, 2.24) is 19.8 Å². The van der Waals surface area contributed by atoms with Gasteiger partial charge in [0.25, 0.3) is 0 Å². The highest BCUT2D eigenvalue weighted by molar-refractivity contribution is 5.87. The normalized spacial score (nSPS) is 21.2. The fourth-order valence-electron chi connectivity index (χ4n) is 5.90. The van der Waals surface area contributed by atoms with Crippen LogP contribution < -0.4 is 9.64 Å². The van der Waals surface area contributed by atoms with Crippen molar-refractivity contribution in [3.63, 3.8) is 0 Å². The van der Waals surface area contributed by atoms with Gasteiger partial charge in [-0.15, -0.1) is 0 Å². The molecule has 37 heavy (non-hydrogen) atoms. The molecule has 0 spiro atoms. The van der Waals surface area contributed by atoms with Gasteiger partial charge in [-0.2, -0.15) is 15.2 Å². The molecule has 194 valence electrons. The summed E-state index contributed by atoms with van der Waals surface area (Å²) in [6.45, 7) is 5.94. The highest BCUT2D eigenvalue weighted by atomic mass is 16.5. The Morgan fingerprint density at radius 2 is 2.11 bits per heavy atom. The lowest BCUT2D eigenvalue weighted by Crippen LogP contribution is -2.55. The number of hydrogen-bond donors (Lipinski definition) is 0. The van der Waals surface area contributed by atoms with E-state index in [4.69, 9.17) is 14.7 Å². The Hall–Kier alpha value is -3.77. The largest absolute Gasteiger partial charge is 0.467 e. The van der Waals surface area contributed by atoms with Crippen molar-refractivity contribution in [2.24, 2.45) is 0 Å². The van der Waals surface area contributed by atoms with Crippen LogP contribution in [-0.2, 0) is 23.1 Å². The van der Waals surface area contributed by atoms with Crippen molar-refractivity contribution in [3.05, 3.63) is 59.3 Å². The van der Waals surface area contributed by atoms with Gasteiger partial charge in [0.2, 0.25) is 5.91 Å². The maximum absolute atomic E-state index is 12.4. The number of aldehydes is 1. The Labute approximate surface area is 218 Å². The molecule has 1 aromatic carbocycles. The number of rotatable bonds is 8. The molecule has 2 unspecified atom stereocenters. The first-order valence-electron chi connectivity index (χ1n) is 12.5. The van der Waals surface area contributed by atoms with Gasteiger partial charge in [0.05, 0.1) is 31.3 Å². The van der Waals surface area contributed by atoms with Crippen LogP contribution in [0.5, 0.6) is 6.01 Å². The Bertz CT molecular complexity index is 1220. The zero-order valence-electron chi connectivity index (χ0n) is 21.8. The molecule has 1 aliphatic heterocycles. The van der Waals surface area contributed by atoms with Crippen molar-refractivity contribution >= 4 is 18.0 Å². The fraction of sp³-hybridized carbons (Fsp3) is 0.464. The van der Waals surface area contributed by atoms with Crippen LogP contribution in [0.4, 0.5) is 5.82 Å². The van der Waals surface area contributed by atoms with Crippen LogP contribution in [0, 0.1) is 11.3 Å². The number of ether oxygens (including phenoxy) is 1. The lowest BCUT2D eigenvalue weighted by atomic mass is 9.67. The van der Waals surface area contributed by atoms with E-state index in [1.807, 2.05) is 32.3 Å². The zero-order valence-corrected chi connectivity index (χ0v) is 21.8. The lowest BCUT2D eigenvalue weighted by Gasteiger charge is -2.44. The molecular formula is C28H34N6O3. The summed E-state index contributed by atoms with van der Waals surface area (Å²) >= 11 is 0. The zero-order chi connectivity index (χ0) is 26.6. The molecule has 1 fully saturated rings. The summed E-state index contributed by atoms with van der Waals surface area (Å²) in [5.74, 6) is 0.641. The highest BCUT2D eigenvalue weighted by Gasteiger charge is 2.41. The van der Waals surface area contributed by atoms with Gasteiger partial charge >= 0.3 is 6.01 Å². The maximum atomic E-state index is 12.4. The number of nitriles is 1. The van der Waals surface area contributed by atoms with Gasteiger partial charge < -0.3 is 19.4 Å². The molecular weight excluding hydrogens is 468 g/mol. The van der Waals surface area contributed by atoms with Crippen LogP contribution in [-0.4, -0.2) is 85.4 Å². The molecule has 1 aromatic heterocycles. The summed E-state index contributed by atoms with van der Waals surface area (Å²) in [6.07, 6.45) is 4.69. The SMILES string of the molecule is C=CC(=O)N1CCN(c2nc(OC)nc3c2CCC(CN(C)C)(c2ccccc2C=O)C3)CC1CC#N. The van der Waals surface area contributed by atoms with Crippen molar-refractivity contribution in [3.8, 4) is 12.1 Å². The fourth-order valence-corrected chi connectivity index (χ4v) is 5.90. The molecule has 9 nitrogen and oxygen atoms in total. The smallest absolute Gasteiger partial charge is 0.318 e. The van der Waals surface area contributed by atoms with Crippen LogP contribution >= 0.6 is 0 Å².